The molecule has 0 saturated heterocycles. The van der Waals surface area contributed by atoms with Crippen LogP contribution in [-0.4, -0.2) is 34.5 Å². The van der Waals surface area contributed by atoms with E-state index in [1.165, 1.54) is 42.5 Å². The number of hydrazine groups is 1. The molecular weight excluding hydrogens is 449 g/mol. The first-order chi connectivity index (χ1) is 14.1. The number of rotatable bonds is 6. The molecule has 1 heterocycles. The Morgan fingerprint density at radius 2 is 1.87 bits per heavy atom. The van der Waals surface area contributed by atoms with Gasteiger partial charge in [-0.1, -0.05) is 35.9 Å². The van der Waals surface area contributed by atoms with Gasteiger partial charge in [0.1, 0.15) is 6.54 Å². The molecule has 0 radical (unpaired) electrons. The van der Waals surface area contributed by atoms with Gasteiger partial charge in [0.2, 0.25) is 5.82 Å². The molecule has 2 N–H and O–H groups in total. The van der Waals surface area contributed by atoms with Crippen molar-refractivity contribution < 1.29 is 26.4 Å². The third-order valence-corrected chi connectivity index (χ3v) is 5.12. The number of hydrogen-bond acceptors (Lipinski definition) is 6. The Bertz CT molecular complexity index is 1180. The van der Waals surface area contributed by atoms with Crippen LogP contribution in [0, 0.1) is 0 Å². The summed E-state index contributed by atoms with van der Waals surface area (Å²) in [5, 5.41) is 11.0. The highest BCUT2D eigenvalue weighted by molar-refractivity contribution is 7.89. The molecule has 0 unspecified atom stereocenters. The summed E-state index contributed by atoms with van der Waals surface area (Å²) in [4.78, 5) is 14.4. The summed E-state index contributed by atoms with van der Waals surface area (Å²) in [5.74, 6) is -1.22. The van der Waals surface area contributed by atoms with E-state index in [2.05, 4.69) is 15.4 Å². The quantitative estimate of drug-likeness (QED) is 0.543. The Kier molecular flexibility index (Phi) is 6.05. The normalized spacial score (nSPS) is 12.0. The minimum absolute atomic E-state index is 0.180. The maximum atomic E-state index is 13.1. The fourth-order valence-corrected chi connectivity index (χ4v) is 3.49. The van der Waals surface area contributed by atoms with Crippen molar-refractivity contribution in [2.45, 2.75) is 17.6 Å². The maximum absolute atomic E-state index is 13.1. The van der Waals surface area contributed by atoms with Gasteiger partial charge in [0, 0.05) is 10.6 Å². The van der Waals surface area contributed by atoms with Crippen molar-refractivity contribution in [2.75, 3.05) is 0 Å². The van der Waals surface area contributed by atoms with Crippen molar-refractivity contribution >= 4 is 27.5 Å². The lowest BCUT2D eigenvalue weighted by Crippen LogP contribution is -2.43. The van der Waals surface area contributed by atoms with Crippen molar-refractivity contribution in [3.63, 3.8) is 0 Å². The van der Waals surface area contributed by atoms with Crippen LogP contribution in [0.2, 0.25) is 5.02 Å². The number of nitrogens with zero attached hydrogens (tertiary/aromatic N) is 4. The van der Waals surface area contributed by atoms with Gasteiger partial charge >= 0.3 is 6.18 Å². The van der Waals surface area contributed by atoms with Crippen molar-refractivity contribution in [2.24, 2.45) is 0 Å². The predicted octanol–water partition coefficient (Wildman–Crippen LogP) is 2.02. The Balaban J connectivity index is 1.68. The highest BCUT2D eigenvalue weighted by Crippen LogP contribution is 2.35. The zero-order chi connectivity index (χ0) is 21.9. The average Bonchev–Trinajstić information content (AvgIpc) is 3.14. The van der Waals surface area contributed by atoms with E-state index in [0.29, 0.717) is 0 Å². The molecule has 0 spiro atoms. The fourth-order valence-electron chi connectivity index (χ4n) is 2.33. The van der Waals surface area contributed by atoms with E-state index in [-0.39, 0.29) is 21.3 Å². The number of alkyl halides is 3. The van der Waals surface area contributed by atoms with Crippen molar-refractivity contribution in [1.29, 1.82) is 0 Å². The molecule has 1 amide bonds. The Labute approximate surface area is 172 Å². The van der Waals surface area contributed by atoms with Gasteiger partial charge in [-0.2, -0.15) is 18.0 Å². The second kappa shape index (κ2) is 8.38. The lowest BCUT2D eigenvalue weighted by molar-refractivity contribution is -0.137. The van der Waals surface area contributed by atoms with Crippen LogP contribution < -0.4 is 10.3 Å². The smallest absolute Gasteiger partial charge is 0.276 e. The molecule has 30 heavy (non-hydrogen) atoms. The monoisotopic (exact) mass is 460 g/mol. The molecule has 0 saturated carbocycles. The van der Waals surface area contributed by atoms with Gasteiger partial charge in [0.05, 0.1) is 10.5 Å². The number of carbonyl (C=O) groups excluding carboxylic acids is 1. The zero-order valence-corrected chi connectivity index (χ0v) is 16.3. The molecule has 0 atom stereocenters. The van der Waals surface area contributed by atoms with Crippen LogP contribution in [0.15, 0.2) is 53.4 Å². The SMILES string of the molecule is O=C(Cn1nnc(-c2ccccc2C(F)(F)F)n1)NNS(=O)(=O)c1cccc(Cl)c1. The molecule has 1 aromatic heterocycles. The molecule has 0 aliphatic rings. The number of tetrazole rings is 1. The summed E-state index contributed by atoms with van der Waals surface area (Å²) in [6, 6.07) is 9.97. The standard InChI is InChI=1S/C16H12ClF3N6O3S/c17-10-4-3-5-11(8-10)30(28,29)25-21-14(27)9-26-23-15(22-24-26)12-6-1-2-7-13(12)16(18,19)20/h1-8,25H,9H2,(H,21,27). The summed E-state index contributed by atoms with van der Waals surface area (Å²) in [7, 11) is -4.09. The van der Waals surface area contributed by atoms with E-state index in [4.69, 9.17) is 11.6 Å². The summed E-state index contributed by atoms with van der Waals surface area (Å²) in [5.41, 5.74) is 0.683. The van der Waals surface area contributed by atoms with Crippen LogP contribution in [0.4, 0.5) is 13.2 Å². The first-order valence-corrected chi connectivity index (χ1v) is 9.93. The summed E-state index contributed by atoms with van der Waals surface area (Å²) >= 11 is 5.74. The van der Waals surface area contributed by atoms with E-state index in [1.807, 2.05) is 10.3 Å². The third kappa shape index (κ3) is 5.11. The van der Waals surface area contributed by atoms with Crippen LogP contribution >= 0.6 is 11.6 Å². The number of benzene rings is 2. The molecule has 0 aliphatic carbocycles. The van der Waals surface area contributed by atoms with Gasteiger partial charge in [-0.25, -0.2) is 8.42 Å². The molecule has 14 heteroatoms. The number of carbonyl (C=O) groups is 1. The van der Waals surface area contributed by atoms with Crippen LogP contribution in [-0.2, 0) is 27.5 Å². The number of hydrogen-bond donors (Lipinski definition) is 2. The topological polar surface area (TPSA) is 119 Å². The number of aromatic nitrogens is 4. The molecule has 9 nitrogen and oxygen atoms in total. The van der Waals surface area contributed by atoms with Crippen LogP contribution in [0.3, 0.4) is 0 Å². The zero-order valence-electron chi connectivity index (χ0n) is 14.8. The Morgan fingerprint density at radius 3 is 2.57 bits per heavy atom. The summed E-state index contributed by atoms with van der Waals surface area (Å²) < 4.78 is 63.6. The third-order valence-electron chi connectivity index (χ3n) is 3.64. The molecular formula is C16H12ClF3N6O3S. The van der Waals surface area contributed by atoms with E-state index in [0.717, 1.165) is 10.9 Å². The van der Waals surface area contributed by atoms with Crippen LogP contribution in [0.1, 0.15) is 5.56 Å². The summed E-state index contributed by atoms with van der Waals surface area (Å²) in [6.45, 7) is -0.598. The maximum Gasteiger partial charge on any atom is 0.417 e. The second-order valence-electron chi connectivity index (χ2n) is 5.80. The second-order valence-corrected chi connectivity index (χ2v) is 7.92. The Morgan fingerprint density at radius 1 is 1.13 bits per heavy atom. The molecule has 0 fully saturated rings. The number of amides is 1. The van der Waals surface area contributed by atoms with E-state index < -0.39 is 34.2 Å². The summed E-state index contributed by atoms with van der Waals surface area (Å²) in [6.07, 6.45) is -4.63. The molecule has 0 bridgehead atoms. The average molecular weight is 461 g/mol. The first-order valence-electron chi connectivity index (χ1n) is 8.07. The first kappa shape index (κ1) is 21.7. The van der Waals surface area contributed by atoms with Crippen molar-refractivity contribution in [3.8, 4) is 11.4 Å². The number of halogens is 4. The van der Waals surface area contributed by atoms with E-state index >= 15 is 0 Å². The van der Waals surface area contributed by atoms with Crippen LogP contribution in [0.5, 0.6) is 0 Å². The van der Waals surface area contributed by atoms with E-state index in [9.17, 15) is 26.4 Å². The molecule has 3 aromatic rings. The Hall–Kier alpha value is -3.03. The van der Waals surface area contributed by atoms with Crippen molar-refractivity contribution in [3.05, 3.63) is 59.1 Å². The molecule has 3 rings (SSSR count). The lowest BCUT2D eigenvalue weighted by atomic mass is 10.1. The van der Waals surface area contributed by atoms with Crippen LogP contribution in [0.25, 0.3) is 11.4 Å². The van der Waals surface area contributed by atoms with Gasteiger partial charge in [0.15, 0.2) is 0 Å². The highest BCUT2D eigenvalue weighted by Gasteiger charge is 2.34. The highest BCUT2D eigenvalue weighted by atomic mass is 35.5. The minimum atomic E-state index is -4.63. The molecule has 158 valence electrons. The molecule has 2 aromatic carbocycles. The molecule has 0 aliphatic heterocycles. The van der Waals surface area contributed by atoms with Gasteiger partial charge in [0.25, 0.3) is 15.9 Å². The van der Waals surface area contributed by atoms with Crippen molar-refractivity contribution in [1.82, 2.24) is 30.5 Å². The minimum Gasteiger partial charge on any atom is -0.276 e. The lowest BCUT2D eigenvalue weighted by Gasteiger charge is -2.09. The van der Waals surface area contributed by atoms with Gasteiger partial charge in [-0.05, 0) is 29.5 Å². The van der Waals surface area contributed by atoms with Gasteiger partial charge < -0.3 is 0 Å². The fraction of sp³-hybridized carbons (Fsp3) is 0.125. The largest absolute Gasteiger partial charge is 0.417 e. The van der Waals surface area contributed by atoms with Gasteiger partial charge in [-0.3, -0.25) is 10.2 Å². The predicted molar refractivity (Wildman–Crippen MR) is 98.2 cm³/mol. The van der Waals surface area contributed by atoms with E-state index in [1.54, 1.807) is 0 Å². The number of sulfonamides is 1. The number of nitrogens with one attached hydrogen (secondary N) is 2. The van der Waals surface area contributed by atoms with Gasteiger partial charge in [-0.15, -0.1) is 15.0 Å².